The molecule has 5 nitrogen and oxygen atoms in total. The summed E-state index contributed by atoms with van der Waals surface area (Å²) in [7, 11) is 2.20. The fourth-order valence-corrected chi connectivity index (χ4v) is 3.82. The molecule has 2 aliphatic rings. The quantitative estimate of drug-likeness (QED) is 0.834. The van der Waals surface area contributed by atoms with E-state index in [1.54, 1.807) is 0 Å². The highest BCUT2D eigenvalue weighted by molar-refractivity contribution is 5.67. The van der Waals surface area contributed by atoms with Gasteiger partial charge < -0.3 is 20.3 Å². The zero-order valence-electron chi connectivity index (χ0n) is 15.5. The van der Waals surface area contributed by atoms with E-state index in [0.29, 0.717) is 30.6 Å². The van der Waals surface area contributed by atoms with Crippen LogP contribution in [0.5, 0.6) is 0 Å². The van der Waals surface area contributed by atoms with Crippen LogP contribution in [0.2, 0.25) is 0 Å². The van der Waals surface area contributed by atoms with Crippen LogP contribution >= 0.6 is 0 Å². The van der Waals surface area contributed by atoms with Crippen molar-refractivity contribution in [3.8, 4) is 0 Å². The molecular weight excluding hydrogens is 290 g/mol. The summed E-state index contributed by atoms with van der Waals surface area (Å²) in [6.07, 6.45) is 5.88. The molecule has 1 amide bonds. The van der Waals surface area contributed by atoms with E-state index < -0.39 is 5.60 Å². The predicted octanol–water partition coefficient (Wildman–Crippen LogP) is 2.75. The van der Waals surface area contributed by atoms with Crippen LogP contribution in [0.4, 0.5) is 4.79 Å². The second-order valence-electron chi connectivity index (χ2n) is 8.42. The van der Waals surface area contributed by atoms with Gasteiger partial charge in [0.15, 0.2) is 0 Å². The maximum Gasteiger partial charge on any atom is 0.407 e. The number of likely N-dealkylation sites (tertiary alicyclic amines) is 1. The van der Waals surface area contributed by atoms with Gasteiger partial charge in [-0.3, -0.25) is 0 Å². The SMILES string of the molecule is CC1CC(NC2CCCCC2CNC(=O)OC(C)(C)C)CN1C. The third-order valence-corrected chi connectivity index (χ3v) is 5.15. The van der Waals surface area contributed by atoms with Crippen LogP contribution in [0, 0.1) is 5.92 Å². The van der Waals surface area contributed by atoms with E-state index in [2.05, 4.69) is 29.5 Å². The second-order valence-corrected chi connectivity index (χ2v) is 8.42. The van der Waals surface area contributed by atoms with Crippen LogP contribution in [0.3, 0.4) is 0 Å². The Morgan fingerprint density at radius 3 is 2.57 bits per heavy atom. The number of amides is 1. The zero-order valence-corrected chi connectivity index (χ0v) is 15.5. The number of likely N-dealkylation sites (N-methyl/N-ethyl adjacent to an activating group) is 1. The molecule has 0 spiro atoms. The average molecular weight is 325 g/mol. The van der Waals surface area contributed by atoms with Crippen LogP contribution < -0.4 is 10.6 Å². The lowest BCUT2D eigenvalue weighted by Crippen LogP contribution is -2.49. The van der Waals surface area contributed by atoms with E-state index in [4.69, 9.17) is 4.74 Å². The van der Waals surface area contributed by atoms with E-state index in [0.717, 1.165) is 6.54 Å². The van der Waals surface area contributed by atoms with Crippen molar-refractivity contribution in [1.82, 2.24) is 15.5 Å². The molecule has 2 rings (SSSR count). The Bertz CT molecular complexity index is 384. The molecule has 4 unspecified atom stereocenters. The van der Waals surface area contributed by atoms with Crippen molar-refractivity contribution in [2.75, 3.05) is 20.1 Å². The smallest absolute Gasteiger partial charge is 0.407 e. The predicted molar refractivity (Wildman–Crippen MR) is 93.6 cm³/mol. The van der Waals surface area contributed by atoms with E-state index in [1.165, 1.54) is 32.1 Å². The van der Waals surface area contributed by atoms with E-state index in [1.807, 2.05) is 20.8 Å². The Morgan fingerprint density at radius 1 is 1.26 bits per heavy atom. The minimum Gasteiger partial charge on any atom is -0.444 e. The van der Waals surface area contributed by atoms with Crippen molar-refractivity contribution in [1.29, 1.82) is 0 Å². The van der Waals surface area contributed by atoms with Crippen molar-refractivity contribution < 1.29 is 9.53 Å². The Balaban J connectivity index is 1.80. The van der Waals surface area contributed by atoms with Gasteiger partial charge in [-0.25, -0.2) is 4.79 Å². The highest BCUT2D eigenvalue weighted by Gasteiger charge is 2.32. The van der Waals surface area contributed by atoms with Gasteiger partial charge in [0.1, 0.15) is 5.60 Å². The first-order valence-electron chi connectivity index (χ1n) is 9.18. The highest BCUT2D eigenvalue weighted by Crippen LogP contribution is 2.26. The van der Waals surface area contributed by atoms with Gasteiger partial charge in [-0.1, -0.05) is 12.8 Å². The molecule has 134 valence electrons. The van der Waals surface area contributed by atoms with Gasteiger partial charge in [0.25, 0.3) is 0 Å². The lowest BCUT2D eigenvalue weighted by atomic mass is 9.84. The first kappa shape index (κ1) is 18.5. The van der Waals surface area contributed by atoms with Gasteiger partial charge in [-0.05, 0) is 59.9 Å². The van der Waals surface area contributed by atoms with Crippen molar-refractivity contribution >= 4 is 6.09 Å². The number of ether oxygens (including phenoxy) is 1. The monoisotopic (exact) mass is 325 g/mol. The molecule has 1 saturated carbocycles. The molecule has 0 aromatic carbocycles. The van der Waals surface area contributed by atoms with E-state index in [-0.39, 0.29) is 6.09 Å². The molecule has 1 aliphatic heterocycles. The highest BCUT2D eigenvalue weighted by atomic mass is 16.6. The molecule has 23 heavy (non-hydrogen) atoms. The Kier molecular flexibility index (Phi) is 6.32. The third kappa shape index (κ3) is 5.96. The normalized spacial score (nSPS) is 32.7. The average Bonchev–Trinajstić information content (AvgIpc) is 2.74. The Labute approximate surface area is 141 Å². The van der Waals surface area contributed by atoms with E-state index in [9.17, 15) is 4.79 Å². The van der Waals surface area contributed by atoms with Gasteiger partial charge in [0.2, 0.25) is 0 Å². The summed E-state index contributed by atoms with van der Waals surface area (Å²) in [4.78, 5) is 14.3. The van der Waals surface area contributed by atoms with Crippen molar-refractivity contribution in [3.05, 3.63) is 0 Å². The van der Waals surface area contributed by atoms with Gasteiger partial charge in [-0.2, -0.15) is 0 Å². The van der Waals surface area contributed by atoms with Crippen LogP contribution in [0.25, 0.3) is 0 Å². The van der Waals surface area contributed by atoms with Crippen LogP contribution in [-0.2, 0) is 4.74 Å². The minimum atomic E-state index is -0.432. The molecule has 1 aliphatic carbocycles. The van der Waals surface area contributed by atoms with Gasteiger partial charge in [0, 0.05) is 31.2 Å². The maximum atomic E-state index is 11.9. The number of carbonyl (C=O) groups is 1. The molecule has 0 aromatic rings. The van der Waals surface area contributed by atoms with Crippen LogP contribution in [0.1, 0.15) is 59.8 Å². The summed E-state index contributed by atoms with van der Waals surface area (Å²) in [5.41, 5.74) is -0.432. The molecule has 2 fully saturated rings. The molecule has 4 atom stereocenters. The molecule has 0 aromatic heterocycles. The zero-order chi connectivity index (χ0) is 17.0. The fourth-order valence-electron chi connectivity index (χ4n) is 3.82. The molecule has 2 N–H and O–H groups in total. The number of carbonyl (C=O) groups excluding carboxylic acids is 1. The summed E-state index contributed by atoms with van der Waals surface area (Å²) in [5, 5.41) is 6.84. The Hall–Kier alpha value is -0.810. The van der Waals surface area contributed by atoms with Crippen molar-refractivity contribution in [2.45, 2.75) is 83.5 Å². The molecule has 1 heterocycles. The molecule has 1 saturated heterocycles. The summed E-state index contributed by atoms with van der Waals surface area (Å²) >= 11 is 0. The topological polar surface area (TPSA) is 53.6 Å². The van der Waals surface area contributed by atoms with Crippen LogP contribution in [0.15, 0.2) is 0 Å². The van der Waals surface area contributed by atoms with Gasteiger partial charge in [0.05, 0.1) is 0 Å². The van der Waals surface area contributed by atoms with Crippen molar-refractivity contribution in [2.24, 2.45) is 5.92 Å². The molecule has 5 heteroatoms. The lowest BCUT2D eigenvalue weighted by Gasteiger charge is -2.34. The molecule has 0 bridgehead atoms. The van der Waals surface area contributed by atoms with Crippen LogP contribution in [-0.4, -0.2) is 54.9 Å². The Morgan fingerprint density at radius 2 is 1.96 bits per heavy atom. The number of hydrogen-bond donors (Lipinski definition) is 2. The number of nitrogens with zero attached hydrogens (tertiary/aromatic N) is 1. The van der Waals surface area contributed by atoms with Gasteiger partial charge in [-0.15, -0.1) is 0 Å². The second kappa shape index (κ2) is 7.84. The minimum absolute atomic E-state index is 0.295. The van der Waals surface area contributed by atoms with Gasteiger partial charge >= 0.3 is 6.09 Å². The number of nitrogens with one attached hydrogen (secondary N) is 2. The molecule has 0 radical (unpaired) electrons. The summed E-state index contributed by atoms with van der Waals surface area (Å²) in [6.45, 7) is 9.83. The number of hydrogen-bond acceptors (Lipinski definition) is 4. The standard InChI is InChI=1S/C18H35N3O2/c1-13-10-15(12-21(13)5)20-16-9-7-6-8-14(16)11-19-17(22)23-18(2,3)4/h13-16,20H,6-12H2,1-5H3,(H,19,22). The fraction of sp³-hybridized carbons (Fsp3) is 0.944. The number of rotatable bonds is 4. The summed E-state index contributed by atoms with van der Waals surface area (Å²) in [6, 6.07) is 1.76. The molecular formula is C18H35N3O2. The first-order chi connectivity index (χ1) is 10.7. The largest absolute Gasteiger partial charge is 0.444 e. The maximum absolute atomic E-state index is 11.9. The summed E-state index contributed by atoms with van der Waals surface area (Å²) < 4.78 is 5.35. The number of alkyl carbamates (subject to hydrolysis) is 1. The first-order valence-corrected chi connectivity index (χ1v) is 9.18. The van der Waals surface area contributed by atoms with E-state index >= 15 is 0 Å². The lowest BCUT2D eigenvalue weighted by molar-refractivity contribution is 0.0510. The third-order valence-electron chi connectivity index (χ3n) is 5.15. The summed E-state index contributed by atoms with van der Waals surface area (Å²) in [5.74, 6) is 0.512. The van der Waals surface area contributed by atoms with Crippen molar-refractivity contribution in [3.63, 3.8) is 0 Å².